The number of sulfonamides is 1. The van der Waals surface area contributed by atoms with Crippen LogP contribution >= 0.6 is 0 Å². The number of carbonyl (C=O) groups excluding carboxylic acids is 2. The first-order valence-electron chi connectivity index (χ1n) is 11.5. The van der Waals surface area contributed by atoms with Crippen molar-refractivity contribution in [3.8, 4) is 0 Å². The maximum atomic E-state index is 13.2. The molecule has 2 aromatic rings. The largest absolute Gasteiger partial charge is 0.351 e. The van der Waals surface area contributed by atoms with Crippen molar-refractivity contribution in [1.29, 1.82) is 0 Å². The van der Waals surface area contributed by atoms with Gasteiger partial charge in [0.15, 0.2) is 5.84 Å². The van der Waals surface area contributed by atoms with Crippen molar-refractivity contribution in [2.24, 2.45) is 4.40 Å². The molecule has 9 nitrogen and oxygen atoms in total. The molecule has 5 rings (SSSR count). The molecule has 2 fully saturated rings. The third-order valence-electron chi connectivity index (χ3n) is 6.59. The van der Waals surface area contributed by atoms with Crippen LogP contribution in [-0.2, 0) is 14.8 Å². The average molecular weight is 482 g/mol. The fourth-order valence-electron chi connectivity index (χ4n) is 4.84. The van der Waals surface area contributed by atoms with Crippen molar-refractivity contribution in [2.75, 3.05) is 25.0 Å². The van der Waals surface area contributed by atoms with E-state index in [0.717, 1.165) is 12.1 Å². The zero-order valence-electron chi connectivity index (χ0n) is 18.7. The van der Waals surface area contributed by atoms with Crippen LogP contribution in [0, 0.1) is 0 Å². The number of piperidine rings is 1. The van der Waals surface area contributed by atoms with Crippen LogP contribution in [-0.4, -0.2) is 67.7 Å². The standard InChI is InChI=1S/C24H27N5O4S/c30-23(25-18-12-15-28(16-13-18)24(31)26-17-7-2-1-3-8-17)20-10-6-14-29(20)22-19-9-4-5-11-21(19)34(32,33)27-22/h1-5,7-9,11,18,20H,6,10,12-16H2,(H,25,30)(H,26,31)/t20-/m0/s1. The van der Waals surface area contributed by atoms with Gasteiger partial charge in [-0.2, -0.15) is 8.42 Å². The number of nitrogens with one attached hydrogen (secondary N) is 2. The second-order valence-corrected chi connectivity index (χ2v) is 10.4. The number of hydrogen-bond donors (Lipinski definition) is 2. The van der Waals surface area contributed by atoms with Gasteiger partial charge in [-0.3, -0.25) is 4.79 Å². The van der Waals surface area contributed by atoms with E-state index < -0.39 is 16.1 Å². The zero-order chi connectivity index (χ0) is 23.7. The Hall–Kier alpha value is -3.40. The molecule has 2 saturated heterocycles. The zero-order valence-corrected chi connectivity index (χ0v) is 19.5. The quantitative estimate of drug-likeness (QED) is 0.700. The van der Waals surface area contributed by atoms with Crippen molar-refractivity contribution in [2.45, 2.75) is 42.7 Å². The molecular formula is C24H27N5O4S. The number of fused-ring (bicyclic) bond motifs is 1. The van der Waals surface area contributed by atoms with Crippen molar-refractivity contribution in [3.05, 3.63) is 60.2 Å². The number of anilines is 1. The van der Waals surface area contributed by atoms with Crippen LogP contribution in [0.4, 0.5) is 10.5 Å². The monoisotopic (exact) mass is 481 g/mol. The first-order valence-corrected chi connectivity index (χ1v) is 13.0. The number of urea groups is 1. The van der Waals surface area contributed by atoms with Crippen molar-refractivity contribution < 1.29 is 18.0 Å². The number of carbonyl (C=O) groups is 2. The molecule has 2 aromatic carbocycles. The Bertz CT molecular complexity index is 1220. The number of amides is 3. The number of amidine groups is 1. The molecule has 3 aliphatic heterocycles. The van der Waals surface area contributed by atoms with E-state index >= 15 is 0 Å². The van der Waals surface area contributed by atoms with E-state index in [1.807, 2.05) is 35.2 Å². The van der Waals surface area contributed by atoms with Crippen LogP contribution in [0.5, 0.6) is 0 Å². The molecule has 0 aromatic heterocycles. The highest BCUT2D eigenvalue weighted by molar-refractivity contribution is 7.90. The van der Waals surface area contributed by atoms with Crippen molar-refractivity contribution in [1.82, 2.24) is 15.1 Å². The topological polar surface area (TPSA) is 111 Å². The molecule has 3 heterocycles. The summed E-state index contributed by atoms with van der Waals surface area (Å²) < 4.78 is 28.9. The van der Waals surface area contributed by atoms with Crippen LogP contribution in [0.25, 0.3) is 0 Å². The minimum Gasteiger partial charge on any atom is -0.351 e. The molecule has 2 N–H and O–H groups in total. The average Bonchev–Trinajstić information content (AvgIpc) is 3.43. The summed E-state index contributed by atoms with van der Waals surface area (Å²) in [6, 6.07) is 15.4. The van der Waals surface area contributed by atoms with Gasteiger partial charge in [0.25, 0.3) is 10.0 Å². The van der Waals surface area contributed by atoms with Gasteiger partial charge in [0, 0.05) is 36.9 Å². The van der Waals surface area contributed by atoms with Crippen molar-refractivity contribution in [3.63, 3.8) is 0 Å². The molecule has 0 bridgehead atoms. The second kappa shape index (κ2) is 9.09. The number of benzene rings is 2. The molecule has 3 amide bonds. The molecule has 0 radical (unpaired) electrons. The van der Waals surface area contributed by atoms with Gasteiger partial charge in [-0.15, -0.1) is 4.40 Å². The van der Waals surface area contributed by atoms with E-state index in [2.05, 4.69) is 15.0 Å². The predicted molar refractivity (Wildman–Crippen MR) is 128 cm³/mol. The van der Waals surface area contributed by atoms with Gasteiger partial charge in [-0.1, -0.05) is 30.3 Å². The summed E-state index contributed by atoms with van der Waals surface area (Å²) in [5, 5.41) is 6.02. The van der Waals surface area contributed by atoms with Crippen LogP contribution in [0.1, 0.15) is 31.2 Å². The van der Waals surface area contributed by atoms with Gasteiger partial charge in [-0.05, 0) is 49.9 Å². The van der Waals surface area contributed by atoms with Gasteiger partial charge in [0.2, 0.25) is 5.91 Å². The molecule has 0 aliphatic carbocycles. The maximum Gasteiger partial charge on any atom is 0.321 e. The fraction of sp³-hybridized carbons (Fsp3) is 0.375. The number of hydrogen-bond acceptors (Lipinski definition) is 5. The Morgan fingerprint density at radius 3 is 2.38 bits per heavy atom. The number of para-hydroxylation sites is 1. The lowest BCUT2D eigenvalue weighted by Gasteiger charge is -2.34. The minimum absolute atomic E-state index is 0.0303. The normalized spacial score (nSPS) is 21.6. The Morgan fingerprint density at radius 2 is 1.62 bits per heavy atom. The summed E-state index contributed by atoms with van der Waals surface area (Å²) >= 11 is 0. The van der Waals surface area contributed by atoms with Crippen LogP contribution < -0.4 is 10.6 Å². The lowest BCUT2D eigenvalue weighted by molar-refractivity contribution is -0.125. The first-order chi connectivity index (χ1) is 16.4. The number of likely N-dealkylation sites (tertiary alicyclic amines) is 2. The van der Waals surface area contributed by atoms with E-state index in [-0.39, 0.29) is 22.9 Å². The van der Waals surface area contributed by atoms with E-state index in [1.165, 1.54) is 0 Å². The van der Waals surface area contributed by atoms with Crippen LogP contribution in [0.3, 0.4) is 0 Å². The van der Waals surface area contributed by atoms with Crippen molar-refractivity contribution >= 4 is 33.5 Å². The van der Waals surface area contributed by atoms with E-state index in [0.29, 0.717) is 50.3 Å². The Labute approximate surface area is 198 Å². The summed E-state index contributed by atoms with van der Waals surface area (Å²) in [5.41, 5.74) is 1.31. The van der Waals surface area contributed by atoms with Crippen LogP contribution in [0.2, 0.25) is 0 Å². The molecule has 0 saturated carbocycles. The van der Waals surface area contributed by atoms with E-state index in [9.17, 15) is 18.0 Å². The second-order valence-electron chi connectivity index (χ2n) is 8.80. The highest BCUT2D eigenvalue weighted by Gasteiger charge is 2.39. The summed E-state index contributed by atoms with van der Waals surface area (Å²) in [7, 11) is -3.73. The maximum absolute atomic E-state index is 13.2. The molecule has 1 atom stereocenters. The Kier molecular flexibility index (Phi) is 5.99. The lowest BCUT2D eigenvalue weighted by Crippen LogP contribution is -2.52. The van der Waals surface area contributed by atoms with E-state index in [1.54, 1.807) is 29.2 Å². The summed E-state index contributed by atoms with van der Waals surface area (Å²) in [6.07, 6.45) is 2.76. The SMILES string of the molecule is O=C(NC1CCN(C(=O)Nc2ccccc2)CC1)[C@@H]1CCCN1C1=NS(=O)(=O)c2ccccc21. The summed E-state index contributed by atoms with van der Waals surface area (Å²) in [6.45, 7) is 1.69. The smallest absolute Gasteiger partial charge is 0.321 e. The number of nitrogens with zero attached hydrogens (tertiary/aromatic N) is 3. The summed E-state index contributed by atoms with van der Waals surface area (Å²) in [4.78, 5) is 29.4. The molecule has 178 valence electrons. The Morgan fingerprint density at radius 1 is 0.912 bits per heavy atom. The molecule has 0 spiro atoms. The first kappa shape index (κ1) is 22.4. The molecule has 3 aliphatic rings. The molecule has 10 heteroatoms. The summed E-state index contributed by atoms with van der Waals surface area (Å²) in [5.74, 6) is 0.245. The van der Waals surface area contributed by atoms with E-state index in [4.69, 9.17) is 0 Å². The minimum atomic E-state index is -3.73. The van der Waals surface area contributed by atoms with Gasteiger partial charge in [0.1, 0.15) is 10.9 Å². The third-order valence-corrected chi connectivity index (χ3v) is 7.92. The van der Waals surface area contributed by atoms with Gasteiger partial charge < -0.3 is 20.4 Å². The fourth-order valence-corrected chi connectivity index (χ4v) is 6.05. The Balaban J connectivity index is 1.19. The lowest BCUT2D eigenvalue weighted by atomic mass is 10.0. The van der Waals surface area contributed by atoms with Crippen LogP contribution in [0.15, 0.2) is 63.9 Å². The highest BCUT2D eigenvalue weighted by atomic mass is 32.2. The highest BCUT2D eigenvalue weighted by Crippen LogP contribution is 2.31. The molecule has 34 heavy (non-hydrogen) atoms. The van der Waals surface area contributed by atoms with Gasteiger partial charge >= 0.3 is 6.03 Å². The molecule has 0 unspecified atom stereocenters. The third kappa shape index (κ3) is 4.37. The van der Waals surface area contributed by atoms with Gasteiger partial charge in [-0.25, -0.2) is 4.79 Å². The molecular weight excluding hydrogens is 454 g/mol. The number of rotatable bonds is 3. The predicted octanol–water partition coefficient (Wildman–Crippen LogP) is 2.41. The van der Waals surface area contributed by atoms with Gasteiger partial charge in [0.05, 0.1) is 0 Å².